The van der Waals surface area contributed by atoms with Gasteiger partial charge in [-0.25, -0.2) is 14.4 Å². The van der Waals surface area contributed by atoms with Crippen molar-refractivity contribution in [2.75, 3.05) is 10.6 Å². The molecule has 10 nitrogen and oxygen atoms in total. The summed E-state index contributed by atoms with van der Waals surface area (Å²) in [7, 11) is 0. The number of rotatable bonds is 9. The third-order valence-electron chi connectivity index (χ3n) is 8.09. The number of carbonyl (C=O) groups excluding carboxylic acids is 2. The second-order valence-corrected chi connectivity index (χ2v) is 11.5. The smallest absolute Gasteiger partial charge is 0.337 e. The van der Waals surface area contributed by atoms with Crippen molar-refractivity contribution in [3.8, 4) is 17.2 Å². The van der Waals surface area contributed by atoms with E-state index in [-0.39, 0.29) is 29.4 Å². The number of para-hydroxylation sites is 1. The first-order valence-electron chi connectivity index (χ1n) is 15.5. The van der Waals surface area contributed by atoms with Crippen LogP contribution in [-0.4, -0.2) is 35.2 Å². The summed E-state index contributed by atoms with van der Waals surface area (Å²) < 4.78 is 12.3. The second-order valence-electron chi connectivity index (χ2n) is 11.5. The molecule has 0 heterocycles. The maximum atomic E-state index is 12.7. The lowest BCUT2D eigenvalue weighted by Crippen LogP contribution is -2.41. The molecule has 240 valence electrons. The van der Waals surface area contributed by atoms with Gasteiger partial charge in [0.25, 0.3) is 5.91 Å². The molecule has 48 heavy (non-hydrogen) atoms. The van der Waals surface area contributed by atoms with Crippen molar-refractivity contribution in [3.05, 3.63) is 132 Å². The van der Waals surface area contributed by atoms with E-state index in [1.165, 1.54) is 6.07 Å². The van der Waals surface area contributed by atoms with Crippen LogP contribution in [0, 0.1) is 6.57 Å². The number of nitrogens with zero attached hydrogens (tertiary/aromatic N) is 1. The quantitative estimate of drug-likeness (QED) is 0.119. The van der Waals surface area contributed by atoms with E-state index in [1.807, 2.05) is 36.4 Å². The Morgan fingerprint density at radius 1 is 0.729 bits per heavy atom. The molecule has 3 amide bonds. The van der Waals surface area contributed by atoms with Gasteiger partial charge in [0.1, 0.15) is 17.2 Å². The van der Waals surface area contributed by atoms with Gasteiger partial charge in [0.2, 0.25) is 0 Å². The van der Waals surface area contributed by atoms with Crippen LogP contribution < -0.4 is 25.4 Å². The number of carbonyl (C=O) groups is 3. The Balaban J connectivity index is 0.992. The molecule has 1 fully saturated rings. The highest BCUT2D eigenvalue weighted by atomic mass is 16.5. The molecule has 5 aromatic carbocycles. The maximum absolute atomic E-state index is 12.7. The van der Waals surface area contributed by atoms with E-state index >= 15 is 0 Å². The average molecular weight is 641 g/mol. The molecule has 0 unspecified atom stereocenters. The van der Waals surface area contributed by atoms with Crippen molar-refractivity contribution in [2.45, 2.75) is 37.8 Å². The lowest BCUT2D eigenvalue weighted by Gasteiger charge is -2.29. The molecule has 5 aromatic rings. The first-order valence-corrected chi connectivity index (χ1v) is 15.5. The first-order chi connectivity index (χ1) is 23.3. The van der Waals surface area contributed by atoms with E-state index in [0.717, 1.165) is 42.2 Å². The Labute approximate surface area is 277 Å². The van der Waals surface area contributed by atoms with Gasteiger partial charge >= 0.3 is 12.0 Å². The largest absolute Gasteiger partial charge is 0.490 e. The molecule has 4 N–H and O–H groups in total. The molecule has 0 bridgehead atoms. The van der Waals surface area contributed by atoms with Crippen LogP contribution in [0.5, 0.6) is 17.2 Å². The Bertz CT molecular complexity index is 2010. The highest BCUT2D eigenvalue weighted by Crippen LogP contribution is 2.30. The van der Waals surface area contributed by atoms with Gasteiger partial charge in [-0.15, -0.1) is 0 Å². The van der Waals surface area contributed by atoms with Gasteiger partial charge in [-0.3, -0.25) is 4.79 Å². The summed E-state index contributed by atoms with van der Waals surface area (Å²) in [6, 6.07) is 31.2. The van der Waals surface area contributed by atoms with Gasteiger partial charge in [-0.2, -0.15) is 0 Å². The summed E-state index contributed by atoms with van der Waals surface area (Å²) in [6.45, 7) is 7.12. The van der Waals surface area contributed by atoms with Crippen LogP contribution >= 0.6 is 0 Å². The van der Waals surface area contributed by atoms with Crippen LogP contribution in [0.4, 0.5) is 21.9 Å². The van der Waals surface area contributed by atoms with Crippen LogP contribution in [0.25, 0.3) is 15.6 Å². The van der Waals surface area contributed by atoms with E-state index in [1.54, 1.807) is 66.7 Å². The van der Waals surface area contributed by atoms with Crippen LogP contribution in [0.15, 0.2) is 109 Å². The van der Waals surface area contributed by atoms with Crippen molar-refractivity contribution in [1.29, 1.82) is 0 Å². The second kappa shape index (κ2) is 14.4. The van der Waals surface area contributed by atoms with Crippen molar-refractivity contribution < 1.29 is 29.0 Å². The zero-order valence-corrected chi connectivity index (χ0v) is 25.8. The zero-order chi connectivity index (χ0) is 33.5. The summed E-state index contributed by atoms with van der Waals surface area (Å²) in [4.78, 5) is 40.0. The van der Waals surface area contributed by atoms with Crippen LogP contribution in [0.3, 0.4) is 0 Å². The van der Waals surface area contributed by atoms with E-state index in [0.29, 0.717) is 28.4 Å². The highest BCUT2D eigenvalue weighted by Gasteiger charge is 2.24. The summed E-state index contributed by atoms with van der Waals surface area (Å²) in [5.74, 6) is 0.426. The Hall–Kier alpha value is -6.34. The molecule has 0 atom stereocenters. The minimum absolute atomic E-state index is 0.0156. The van der Waals surface area contributed by atoms with E-state index in [9.17, 15) is 19.5 Å². The van der Waals surface area contributed by atoms with Crippen molar-refractivity contribution in [2.24, 2.45) is 0 Å². The molecule has 0 aromatic heterocycles. The number of carboxylic acid groups (broad SMARTS) is 1. The van der Waals surface area contributed by atoms with Crippen molar-refractivity contribution in [1.82, 2.24) is 5.32 Å². The highest BCUT2D eigenvalue weighted by molar-refractivity contribution is 6.07. The number of anilines is 2. The molecule has 10 heteroatoms. The number of fused-ring (bicyclic) bond motifs is 1. The number of nitrogens with one attached hydrogen (secondary N) is 3. The molecule has 0 aliphatic heterocycles. The topological polar surface area (TPSA) is 130 Å². The first kappa shape index (κ1) is 31.6. The van der Waals surface area contributed by atoms with Gasteiger partial charge in [0, 0.05) is 17.3 Å². The predicted octanol–water partition coefficient (Wildman–Crippen LogP) is 8.65. The van der Waals surface area contributed by atoms with Crippen molar-refractivity contribution in [3.63, 3.8) is 0 Å². The minimum Gasteiger partial charge on any atom is -0.490 e. The summed E-state index contributed by atoms with van der Waals surface area (Å²) >= 11 is 0. The lowest BCUT2D eigenvalue weighted by atomic mass is 9.93. The molecular formula is C38H32N4O6. The van der Waals surface area contributed by atoms with Gasteiger partial charge in [0.15, 0.2) is 5.69 Å². The molecule has 1 aliphatic rings. The molecule has 0 radical (unpaired) electrons. The van der Waals surface area contributed by atoms with E-state index in [2.05, 4.69) is 20.8 Å². The normalized spacial score (nSPS) is 15.5. The lowest BCUT2D eigenvalue weighted by molar-refractivity contribution is 0.0698. The number of benzene rings is 5. The van der Waals surface area contributed by atoms with Crippen molar-refractivity contribution >= 4 is 45.7 Å². The number of carboxylic acids is 1. The number of urea groups is 1. The fourth-order valence-electron chi connectivity index (χ4n) is 5.65. The SMILES string of the molecule is [C-]#[N+]c1cccc(NC(=O)NC2CCC(Oc3ccc4cc(Oc5ccc(C(=O)Nc6ccccc6C(=O)O)cc5)ccc4c3)CC2)c1. The molecule has 1 aliphatic carbocycles. The minimum atomic E-state index is -1.12. The number of hydrogen-bond acceptors (Lipinski definition) is 5. The fraction of sp³-hybridized carbons (Fsp3) is 0.158. The summed E-state index contributed by atoms with van der Waals surface area (Å²) in [5.41, 5.74) is 1.67. The molecular weight excluding hydrogens is 608 g/mol. The van der Waals surface area contributed by atoms with Crippen LogP contribution in [0.1, 0.15) is 46.4 Å². The van der Waals surface area contributed by atoms with E-state index < -0.39 is 11.9 Å². The summed E-state index contributed by atoms with van der Waals surface area (Å²) in [5, 5.41) is 19.8. The number of ether oxygens (including phenoxy) is 2. The average Bonchev–Trinajstić information content (AvgIpc) is 3.09. The predicted molar refractivity (Wildman–Crippen MR) is 183 cm³/mol. The fourth-order valence-corrected chi connectivity index (χ4v) is 5.65. The van der Waals surface area contributed by atoms with Crippen LogP contribution in [0.2, 0.25) is 0 Å². The third kappa shape index (κ3) is 7.89. The Morgan fingerprint density at radius 2 is 1.42 bits per heavy atom. The summed E-state index contributed by atoms with van der Waals surface area (Å²) in [6.07, 6.45) is 3.30. The Morgan fingerprint density at radius 3 is 2.15 bits per heavy atom. The van der Waals surface area contributed by atoms with Gasteiger partial charge in [0.05, 0.1) is 23.9 Å². The van der Waals surface area contributed by atoms with E-state index in [4.69, 9.17) is 16.0 Å². The van der Waals surface area contributed by atoms with Gasteiger partial charge < -0.3 is 30.5 Å². The van der Waals surface area contributed by atoms with Gasteiger partial charge in [-0.1, -0.05) is 36.4 Å². The monoisotopic (exact) mass is 640 g/mol. The molecule has 6 rings (SSSR count). The number of aromatic carboxylic acids is 1. The number of amides is 3. The maximum Gasteiger partial charge on any atom is 0.337 e. The van der Waals surface area contributed by atoms with Gasteiger partial charge in [-0.05, 0) is 109 Å². The molecule has 0 saturated heterocycles. The molecule has 0 spiro atoms. The third-order valence-corrected chi connectivity index (χ3v) is 8.09. The molecule has 1 saturated carbocycles. The van der Waals surface area contributed by atoms with Crippen LogP contribution in [-0.2, 0) is 0 Å². The number of hydrogen-bond donors (Lipinski definition) is 4. The zero-order valence-electron chi connectivity index (χ0n) is 25.8. The Kier molecular flexibility index (Phi) is 9.49. The standard InChI is InChI=1S/C38H32N4O6/c1-39-28-5-4-6-29(23-28)41-38(46)40-27-13-19-31(20-14-27)48-33-18-12-25-21-32(17-11-26(25)22-33)47-30-15-9-24(10-16-30)36(43)42-35-8-3-2-7-34(35)37(44)45/h2-12,15-18,21-23,27,31H,13-14,19-20H2,(H,42,43)(H,44,45)(H2,40,41,46).